The number of fused-ring (bicyclic) bond motifs is 1. The number of aromatic nitrogens is 2. The molecule has 21 heavy (non-hydrogen) atoms. The highest BCUT2D eigenvalue weighted by Gasteiger charge is 2.20. The molecule has 0 bridgehead atoms. The summed E-state index contributed by atoms with van der Waals surface area (Å²) < 4.78 is 13.3. The zero-order valence-electron chi connectivity index (χ0n) is 12.5. The first kappa shape index (κ1) is 13.9. The van der Waals surface area contributed by atoms with Gasteiger partial charge in [0.05, 0.1) is 11.7 Å². The summed E-state index contributed by atoms with van der Waals surface area (Å²) in [4.78, 5) is 0. The van der Waals surface area contributed by atoms with Crippen molar-refractivity contribution in [1.82, 2.24) is 9.78 Å². The molecule has 2 atom stereocenters. The largest absolute Gasteiger partial charge is 0.491 e. The van der Waals surface area contributed by atoms with Crippen molar-refractivity contribution in [2.75, 3.05) is 6.61 Å². The summed E-state index contributed by atoms with van der Waals surface area (Å²) in [7, 11) is 0. The SMILES string of the molecule is CCC(C)n1ccc(COc2ccc3c(c2)OCC3N)n1. The maximum absolute atomic E-state index is 5.93. The Kier molecular flexibility index (Phi) is 3.84. The molecule has 0 amide bonds. The second kappa shape index (κ2) is 5.77. The van der Waals surface area contributed by atoms with Crippen LogP contribution in [0.2, 0.25) is 0 Å². The topological polar surface area (TPSA) is 62.3 Å². The third-order valence-corrected chi connectivity index (χ3v) is 3.90. The van der Waals surface area contributed by atoms with Gasteiger partial charge in [-0.05, 0) is 31.5 Å². The summed E-state index contributed by atoms with van der Waals surface area (Å²) in [6.45, 7) is 5.29. The van der Waals surface area contributed by atoms with Gasteiger partial charge in [-0.25, -0.2) is 0 Å². The van der Waals surface area contributed by atoms with Gasteiger partial charge in [0.2, 0.25) is 0 Å². The summed E-state index contributed by atoms with van der Waals surface area (Å²) in [6, 6.07) is 8.17. The second-order valence-electron chi connectivity index (χ2n) is 5.45. The zero-order valence-corrected chi connectivity index (χ0v) is 12.5. The van der Waals surface area contributed by atoms with Gasteiger partial charge in [0.25, 0.3) is 0 Å². The molecule has 0 saturated carbocycles. The quantitative estimate of drug-likeness (QED) is 0.918. The molecular formula is C16H21N3O2. The molecule has 0 saturated heterocycles. The van der Waals surface area contributed by atoms with Crippen molar-refractivity contribution >= 4 is 0 Å². The highest BCUT2D eigenvalue weighted by atomic mass is 16.5. The fraction of sp³-hybridized carbons (Fsp3) is 0.438. The smallest absolute Gasteiger partial charge is 0.132 e. The molecule has 1 aromatic carbocycles. The lowest BCUT2D eigenvalue weighted by molar-refractivity contribution is 0.294. The molecule has 2 aromatic rings. The summed E-state index contributed by atoms with van der Waals surface area (Å²) >= 11 is 0. The predicted octanol–water partition coefficient (Wildman–Crippen LogP) is 2.83. The first-order chi connectivity index (χ1) is 10.2. The van der Waals surface area contributed by atoms with Crippen LogP contribution in [0, 0.1) is 0 Å². The van der Waals surface area contributed by atoms with Crippen LogP contribution in [0.5, 0.6) is 11.5 Å². The molecule has 5 nitrogen and oxygen atoms in total. The first-order valence-electron chi connectivity index (χ1n) is 7.36. The van der Waals surface area contributed by atoms with Gasteiger partial charge in [-0.1, -0.05) is 6.92 Å². The average molecular weight is 287 g/mol. The van der Waals surface area contributed by atoms with Crippen LogP contribution in [0.4, 0.5) is 0 Å². The minimum absolute atomic E-state index is 0.0275. The van der Waals surface area contributed by atoms with Crippen molar-refractivity contribution in [2.45, 2.75) is 39.0 Å². The molecule has 1 aliphatic heterocycles. The van der Waals surface area contributed by atoms with Crippen molar-refractivity contribution in [1.29, 1.82) is 0 Å². The fourth-order valence-electron chi connectivity index (χ4n) is 2.35. The molecule has 1 aromatic heterocycles. The van der Waals surface area contributed by atoms with Gasteiger partial charge in [0, 0.05) is 23.9 Å². The minimum Gasteiger partial charge on any atom is -0.491 e. The third kappa shape index (κ3) is 2.88. The van der Waals surface area contributed by atoms with Crippen LogP contribution in [-0.4, -0.2) is 16.4 Å². The van der Waals surface area contributed by atoms with Gasteiger partial charge in [0.1, 0.15) is 24.7 Å². The summed E-state index contributed by atoms with van der Waals surface area (Å²) in [5.41, 5.74) is 7.90. The summed E-state index contributed by atoms with van der Waals surface area (Å²) in [6.07, 6.45) is 3.06. The summed E-state index contributed by atoms with van der Waals surface area (Å²) in [5, 5.41) is 4.52. The Labute approximate surface area is 124 Å². The maximum atomic E-state index is 5.93. The van der Waals surface area contributed by atoms with Crippen LogP contribution in [0.25, 0.3) is 0 Å². The highest BCUT2D eigenvalue weighted by Crippen LogP contribution is 2.34. The number of rotatable bonds is 5. The highest BCUT2D eigenvalue weighted by molar-refractivity contribution is 5.44. The third-order valence-electron chi connectivity index (χ3n) is 3.90. The Morgan fingerprint density at radius 1 is 1.48 bits per heavy atom. The molecule has 2 heterocycles. The minimum atomic E-state index is -0.0275. The van der Waals surface area contributed by atoms with E-state index in [0.29, 0.717) is 19.3 Å². The fourth-order valence-corrected chi connectivity index (χ4v) is 2.35. The average Bonchev–Trinajstić information content (AvgIpc) is 3.12. The van der Waals surface area contributed by atoms with E-state index in [9.17, 15) is 0 Å². The van der Waals surface area contributed by atoms with Crippen LogP contribution in [0.3, 0.4) is 0 Å². The Morgan fingerprint density at radius 2 is 2.33 bits per heavy atom. The van der Waals surface area contributed by atoms with E-state index >= 15 is 0 Å². The molecule has 1 aliphatic rings. The van der Waals surface area contributed by atoms with Gasteiger partial charge < -0.3 is 15.2 Å². The lowest BCUT2D eigenvalue weighted by Crippen LogP contribution is -2.10. The summed E-state index contributed by atoms with van der Waals surface area (Å²) in [5.74, 6) is 1.60. The number of hydrogen-bond donors (Lipinski definition) is 1. The monoisotopic (exact) mass is 287 g/mol. The number of benzene rings is 1. The molecule has 2 N–H and O–H groups in total. The van der Waals surface area contributed by atoms with Gasteiger partial charge in [-0.15, -0.1) is 0 Å². The molecule has 0 aliphatic carbocycles. The molecule has 3 rings (SSSR count). The van der Waals surface area contributed by atoms with E-state index in [1.165, 1.54) is 0 Å². The Morgan fingerprint density at radius 3 is 3.14 bits per heavy atom. The van der Waals surface area contributed by atoms with Gasteiger partial charge in [-0.3, -0.25) is 4.68 Å². The number of hydrogen-bond acceptors (Lipinski definition) is 4. The number of ether oxygens (including phenoxy) is 2. The Bertz CT molecular complexity index is 624. The van der Waals surface area contributed by atoms with Crippen LogP contribution in [0.1, 0.15) is 43.6 Å². The predicted molar refractivity (Wildman–Crippen MR) is 80.4 cm³/mol. The molecule has 5 heteroatoms. The van der Waals surface area contributed by atoms with E-state index in [1.54, 1.807) is 0 Å². The van der Waals surface area contributed by atoms with Gasteiger partial charge in [0.15, 0.2) is 0 Å². The second-order valence-corrected chi connectivity index (χ2v) is 5.45. The van der Waals surface area contributed by atoms with Crippen molar-refractivity contribution < 1.29 is 9.47 Å². The molecular weight excluding hydrogens is 266 g/mol. The van der Waals surface area contributed by atoms with E-state index in [4.69, 9.17) is 15.2 Å². The van der Waals surface area contributed by atoms with E-state index in [-0.39, 0.29) is 6.04 Å². The zero-order chi connectivity index (χ0) is 14.8. The Hall–Kier alpha value is -2.01. The number of nitrogens with two attached hydrogens (primary N) is 1. The van der Waals surface area contributed by atoms with Crippen molar-refractivity contribution in [2.24, 2.45) is 5.73 Å². The van der Waals surface area contributed by atoms with Crippen molar-refractivity contribution in [3.63, 3.8) is 0 Å². The van der Waals surface area contributed by atoms with Crippen LogP contribution >= 0.6 is 0 Å². The first-order valence-corrected chi connectivity index (χ1v) is 7.36. The van der Waals surface area contributed by atoms with Crippen LogP contribution in [0.15, 0.2) is 30.5 Å². The van der Waals surface area contributed by atoms with Crippen molar-refractivity contribution in [3.05, 3.63) is 41.7 Å². The molecule has 0 spiro atoms. The van der Waals surface area contributed by atoms with Crippen LogP contribution < -0.4 is 15.2 Å². The van der Waals surface area contributed by atoms with Crippen molar-refractivity contribution in [3.8, 4) is 11.5 Å². The molecule has 2 unspecified atom stereocenters. The number of nitrogens with zero attached hydrogens (tertiary/aromatic N) is 2. The van der Waals surface area contributed by atoms with E-state index in [1.807, 2.05) is 35.1 Å². The standard InChI is InChI=1S/C16H21N3O2/c1-3-11(2)19-7-6-12(18-19)9-20-13-4-5-14-15(17)10-21-16(14)8-13/h4-8,11,15H,3,9-10,17H2,1-2H3. The molecule has 0 fully saturated rings. The lowest BCUT2D eigenvalue weighted by atomic mass is 10.1. The van der Waals surface area contributed by atoms with E-state index < -0.39 is 0 Å². The normalized spacial score (nSPS) is 18.1. The van der Waals surface area contributed by atoms with Crippen LogP contribution in [-0.2, 0) is 6.61 Å². The van der Waals surface area contributed by atoms with Gasteiger partial charge >= 0.3 is 0 Å². The Balaban J connectivity index is 1.64. The van der Waals surface area contributed by atoms with Gasteiger partial charge in [-0.2, -0.15) is 5.10 Å². The maximum Gasteiger partial charge on any atom is 0.132 e. The molecule has 0 radical (unpaired) electrons. The lowest BCUT2D eigenvalue weighted by Gasteiger charge is -2.09. The van der Waals surface area contributed by atoms with E-state index in [2.05, 4.69) is 18.9 Å². The molecule has 112 valence electrons. The van der Waals surface area contributed by atoms with E-state index in [0.717, 1.165) is 29.2 Å².